The zero-order valence-corrected chi connectivity index (χ0v) is 10.2. The molecule has 0 atom stereocenters. The first-order valence-electron chi connectivity index (χ1n) is 5.67. The number of nitrogens with zero attached hydrogens (tertiary/aromatic N) is 2. The molecule has 0 aliphatic heterocycles. The number of aromatic nitrogens is 2. The lowest BCUT2D eigenvalue weighted by Crippen LogP contribution is -2.03. The van der Waals surface area contributed by atoms with Crippen LogP contribution in [0.15, 0.2) is 36.5 Å². The van der Waals surface area contributed by atoms with Gasteiger partial charge in [0.05, 0.1) is 12.6 Å². The molecule has 3 rings (SSSR count). The smallest absolute Gasteiger partial charge is 0.358 e. The van der Waals surface area contributed by atoms with E-state index in [4.69, 9.17) is 4.74 Å². The summed E-state index contributed by atoms with van der Waals surface area (Å²) in [5, 5.41) is 6.49. The van der Waals surface area contributed by atoms with Gasteiger partial charge in [0.2, 0.25) is 0 Å². The van der Waals surface area contributed by atoms with Crippen molar-refractivity contribution in [2.75, 3.05) is 7.11 Å². The Bertz CT molecular complexity index is 759. The van der Waals surface area contributed by atoms with E-state index in [1.807, 2.05) is 43.5 Å². The first kappa shape index (κ1) is 10.8. The van der Waals surface area contributed by atoms with Gasteiger partial charge in [0.1, 0.15) is 0 Å². The summed E-state index contributed by atoms with van der Waals surface area (Å²) in [4.78, 5) is 11.6. The van der Waals surface area contributed by atoms with Crippen LogP contribution in [0.2, 0.25) is 0 Å². The minimum absolute atomic E-state index is 0.369. The summed E-state index contributed by atoms with van der Waals surface area (Å²) in [7, 11) is 1.36. The van der Waals surface area contributed by atoms with Crippen LogP contribution in [0.25, 0.3) is 16.3 Å². The number of hydrogen-bond acceptors (Lipinski definition) is 3. The van der Waals surface area contributed by atoms with Gasteiger partial charge in [-0.2, -0.15) is 5.10 Å². The molecule has 4 nitrogen and oxygen atoms in total. The lowest BCUT2D eigenvalue weighted by Gasteiger charge is -2.00. The van der Waals surface area contributed by atoms with E-state index >= 15 is 0 Å². The van der Waals surface area contributed by atoms with Crippen LogP contribution in [0, 0.1) is 6.92 Å². The second-order valence-corrected chi connectivity index (χ2v) is 4.16. The van der Waals surface area contributed by atoms with Gasteiger partial charge < -0.3 is 4.74 Å². The predicted octanol–water partition coefficient (Wildman–Crippen LogP) is 2.58. The molecular formula is C14H12N2O2. The summed E-state index contributed by atoms with van der Waals surface area (Å²) >= 11 is 0. The third-order valence-electron chi connectivity index (χ3n) is 3.14. The molecule has 2 aromatic heterocycles. The first-order chi connectivity index (χ1) is 8.72. The summed E-state index contributed by atoms with van der Waals surface area (Å²) in [6.45, 7) is 1.89. The highest BCUT2D eigenvalue weighted by Crippen LogP contribution is 2.24. The van der Waals surface area contributed by atoms with E-state index in [2.05, 4.69) is 5.10 Å². The van der Waals surface area contributed by atoms with Crippen molar-refractivity contribution in [1.29, 1.82) is 0 Å². The van der Waals surface area contributed by atoms with Gasteiger partial charge >= 0.3 is 5.97 Å². The van der Waals surface area contributed by atoms with Crippen molar-refractivity contribution in [2.45, 2.75) is 6.92 Å². The monoisotopic (exact) mass is 240 g/mol. The summed E-state index contributed by atoms with van der Waals surface area (Å²) in [5.74, 6) is -0.403. The molecule has 0 radical (unpaired) electrons. The maximum absolute atomic E-state index is 11.6. The van der Waals surface area contributed by atoms with Gasteiger partial charge in [-0.05, 0) is 18.4 Å². The molecule has 4 heteroatoms. The third-order valence-corrected chi connectivity index (χ3v) is 3.14. The fourth-order valence-electron chi connectivity index (χ4n) is 2.25. The first-order valence-corrected chi connectivity index (χ1v) is 5.67. The zero-order chi connectivity index (χ0) is 12.7. The maximum Gasteiger partial charge on any atom is 0.358 e. The van der Waals surface area contributed by atoms with Crippen LogP contribution in [-0.4, -0.2) is 22.7 Å². The number of aryl methyl sites for hydroxylation is 1. The lowest BCUT2D eigenvalue weighted by atomic mass is 10.1. The fraction of sp³-hybridized carbons (Fsp3) is 0.143. The van der Waals surface area contributed by atoms with E-state index in [0.29, 0.717) is 5.69 Å². The number of hydrogen-bond donors (Lipinski definition) is 0. The molecular weight excluding hydrogens is 228 g/mol. The molecule has 0 unspecified atom stereocenters. The second-order valence-electron chi connectivity index (χ2n) is 4.16. The molecule has 90 valence electrons. The van der Waals surface area contributed by atoms with Gasteiger partial charge in [0.15, 0.2) is 5.69 Å². The highest BCUT2D eigenvalue weighted by molar-refractivity contribution is 6.01. The van der Waals surface area contributed by atoms with Crippen molar-refractivity contribution in [3.63, 3.8) is 0 Å². The van der Waals surface area contributed by atoms with E-state index < -0.39 is 5.97 Å². The van der Waals surface area contributed by atoms with Crippen LogP contribution >= 0.6 is 0 Å². The zero-order valence-electron chi connectivity index (χ0n) is 10.2. The number of pyridine rings is 1. The largest absolute Gasteiger partial charge is 0.464 e. The summed E-state index contributed by atoms with van der Waals surface area (Å²) < 4.78 is 6.47. The van der Waals surface area contributed by atoms with Crippen molar-refractivity contribution >= 4 is 22.3 Å². The second kappa shape index (κ2) is 3.84. The van der Waals surface area contributed by atoms with E-state index in [1.165, 1.54) is 7.11 Å². The normalized spacial score (nSPS) is 11.0. The van der Waals surface area contributed by atoms with E-state index in [1.54, 1.807) is 4.52 Å². The van der Waals surface area contributed by atoms with Crippen molar-refractivity contribution in [1.82, 2.24) is 9.61 Å². The summed E-state index contributed by atoms with van der Waals surface area (Å²) in [6, 6.07) is 10.0. The Morgan fingerprint density at radius 2 is 2.06 bits per heavy atom. The van der Waals surface area contributed by atoms with Gasteiger partial charge in [0.25, 0.3) is 0 Å². The molecule has 0 bridgehead atoms. The molecule has 0 spiro atoms. The van der Waals surface area contributed by atoms with Crippen LogP contribution in [0.1, 0.15) is 16.1 Å². The molecule has 0 aliphatic rings. The molecule has 0 N–H and O–H groups in total. The molecule has 2 heterocycles. The Kier molecular flexibility index (Phi) is 2.30. The minimum atomic E-state index is -0.403. The van der Waals surface area contributed by atoms with Crippen LogP contribution in [0.3, 0.4) is 0 Å². The Morgan fingerprint density at radius 1 is 1.28 bits per heavy atom. The van der Waals surface area contributed by atoms with Gasteiger partial charge in [-0.1, -0.05) is 24.3 Å². The number of fused-ring (bicyclic) bond motifs is 3. The predicted molar refractivity (Wildman–Crippen MR) is 68.8 cm³/mol. The number of benzene rings is 1. The minimum Gasteiger partial charge on any atom is -0.464 e. The van der Waals surface area contributed by atoms with E-state index in [9.17, 15) is 4.79 Å². The maximum atomic E-state index is 11.6. The van der Waals surface area contributed by atoms with Gasteiger partial charge in [-0.3, -0.25) is 0 Å². The summed E-state index contributed by atoms with van der Waals surface area (Å²) in [5.41, 5.74) is 2.17. The number of esters is 1. The SMILES string of the molecule is COC(=O)c1nn2ccc3ccccc3c2c1C. The number of carbonyl (C=O) groups is 1. The summed E-state index contributed by atoms with van der Waals surface area (Å²) in [6.07, 6.45) is 1.86. The van der Waals surface area contributed by atoms with Gasteiger partial charge in [-0.25, -0.2) is 9.31 Å². The topological polar surface area (TPSA) is 43.6 Å². The highest BCUT2D eigenvalue weighted by atomic mass is 16.5. The Balaban J connectivity index is 2.44. The third kappa shape index (κ3) is 1.39. The van der Waals surface area contributed by atoms with E-state index in [0.717, 1.165) is 21.9 Å². The van der Waals surface area contributed by atoms with Gasteiger partial charge in [-0.15, -0.1) is 0 Å². The molecule has 0 fully saturated rings. The van der Waals surface area contributed by atoms with Crippen LogP contribution in [-0.2, 0) is 4.74 Å². The standard InChI is InChI=1S/C14H12N2O2/c1-9-12(14(17)18-2)15-16-8-7-10-5-3-4-6-11(10)13(9)16/h3-8H,1-2H3. The molecule has 0 aliphatic carbocycles. The van der Waals surface area contributed by atoms with Crippen molar-refractivity contribution in [3.8, 4) is 0 Å². The van der Waals surface area contributed by atoms with Crippen molar-refractivity contribution in [2.24, 2.45) is 0 Å². The quantitative estimate of drug-likeness (QED) is 0.614. The molecule has 1 aromatic carbocycles. The van der Waals surface area contributed by atoms with Crippen molar-refractivity contribution < 1.29 is 9.53 Å². The number of rotatable bonds is 1. The lowest BCUT2D eigenvalue weighted by molar-refractivity contribution is 0.0593. The molecule has 0 saturated heterocycles. The average Bonchev–Trinajstić information content (AvgIpc) is 2.76. The number of methoxy groups -OCH3 is 1. The fourth-order valence-corrected chi connectivity index (χ4v) is 2.25. The molecule has 18 heavy (non-hydrogen) atoms. The molecule has 3 aromatic rings. The van der Waals surface area contributed by atoms with E-state index in [-0.39, 0.29) is 0 Å². The van der Waals surface area contributed by atoms with Crippen LogP contribution in [0.4, 0.5) is 0 Å². The van der Waals surface area contributed by atoms with Crippen LogP contribution < -0.4 is 0 Å². The van der Waals surface area contributed by atoms with Gasteiger partial charge in [0, 0.05) is 17.1 Å². The van der Waals surface area contributed by atoms with Crippen LogP contribution in [0.5, 0.6) is 0 Å². The van der Waals surface area contributed by atoms with Crippen molar-refractivity contribution in [3.05, 3.63) is 47.8 Å². The Morgan fingerprint density at radius 3 is 2.83 bits per heavy atom. The Labute approximate surface area is 104 Å². The number of ether oxygens (including phenoxy) is 1. The Hall–Kier alpha value is -2.36. The number of carbonyl (C=O) groups excluding carboxylic acids is 1. The highest BCUT2D eigenvalue weighted by Gasteiger charge is 2.17. The average molecular weight is 240 g/mol. The molecule has 0 saturated carbocycles. The molecule has 0 amide bonds.